The summed E-state index contributed by atoms with van der Waals surface area (Å²) in [6.45, 7) is 0. The number of hydrazone groups is 1. The van der Waals surface area contributed by atoms with Crippen molar-refractivity contribution in [2.24, 2.45) is 5.10 Å². The van der Waals surface area contributed by atoms with Crippen molar-refractivity contribution in [1.29, 1.82) is 0 Å². The van der Waals surface area contributed by atoms with E-state index >= 15 is 0 Å². The van der Waals surface area contributed by atoms with Crippen LogP contribution in [0.2, 0.25) is 10.0 Å². The number of nitrogens with one attached hydrogen (secondary N) is 2. The van der Waals surface area contributed by atoms with E-state index in [1.165, 1.54) is 42.5 Å². The molecule has 0 saturated carbocycles. The van der Waals surface area contributed by atoms with Gasteiger partial charge < -0.3 is 0 Å². The topological polar surface area (TPSA) is 105 Å². The number of sulfonamides is 1. The number of nitrogens with zero attached hydrogens (tertiary/aromatic N) is 1. The summed E-state index contributed by atoms with van der Waals surface area (Å²) in [4.78, 5) is 24.5. The van der Waals surface area contributed by atoms with Crippen LogP contribution in [0.3, 0.4) is 0 Å². The van der Waals surface area contributed by atoms with Gasteiger partial charge in [0.1, 0.15) is 0 Å². The lowest BCUT2D eigenvalue weighted by atomic mass is 10.1. The van der Waals surface area contributed by atoms with Crippen LogP contribution in [0.15, 0.2) is 76.7 Å². The first kappa shape index (κ1) is 22.0. The Balaban J connectivity index is 1.55. The first-order valence-corrected chi connectivity index (χ1v) is 11.6. The van der Waals surface area contributed by atoms with Crippen LogP contribution in [0.1, 0.15) is 32.7 Å². The van der Waals surface area contributed by atoms with Crippen LogP contribution in [0.5, 0.6) is 0 Å². The lowest BCUT2D eigenvalue weighted by Gasteiger charge is -2.11. The van der Waals surface area contributed by atoms with Gasteiger partial charge in [0.15, 0.2) is 5.78 Å². The van der Waals surface area contributed by atoms with Crippen LogP contribution in [-0.4, -0.2) is 25.8 Å². The molecule has 0 fully saturated rings. The maximum absolute atomic E-state index is 12.8. The fraction of sp³-hybridized carbons (Fsp3) is 0.0455. The van der Waals surface area contributed by atoms with E-state index in [2.05, 4.69) is 15.2 Å². The van der Waals surface area contributed by atoms with E-state index in [0.29, 0.717) is 21.9 Å². The third kappa shape index (κ3) is 4.52. The normalized spacial score (nSPS) is 14.3. The van der Waals surface area contributed by atoms with Crippen molar-refractivity contribution in [2.75, 3.05) is 4.72 Å². The second-order valence-electron chi connectivity index (χ2n) is 6.90. The van der Waals surface area contributed by atoms with Crippen LogP contribution in [0, 0.1) is 0 Å². The minimum absolute atomic E-state index is 0.0759. The number of carbonyl (C=O) groups excluding carboxylic acids is 2. The highest BCUT2D eigenvalue weighted by atomic mass is 35.5. The molecule has 1 aliphatic rings. The van der Waals surface area contributed by atoms with Crippen molar-refractivity contribution in [1.82, 2.24) is 5.43 Å². The maximum atomic E-state index is 12.8. The van der Waals surface area contributed by atoms with Gasteiger partial charge in [-0.05, 0) is 36.4 Å². The number of hydrogen-bond acceptors (Lipinski definition) is 5. The number of halogens is 2. The molecule has 162 valence electrons. The van der Waals surface area contributed by atoms with Crippen molar-refractivity contribution in [2.45, 2.75) is 11.3 Å². The molecule has 0 unspecified atom stereocenters. The van der Waals surface area contributed by atoms with E-state index in [1.54, 1.807) is 24.3 Å². The first-order chi connectivity index (χ1) is 15.2. The molecular formula is C22H15Cl2N3O4S. The van der Waals surface area contributed by atoms with E-state index in [4.69, 9.17) is 23.2 Å². The van der Waals surface area contributed by atoms with Gasteiger partial charge in [-0.25, -0.2) is 13.8 Å². The number of hydrogen-bond donors (Lipinski definition) is 2. The number of fused-ring (bicyclic) bond motifs is 1. The number of ketones is 1. The van der Waals surface area contributed by atoms with E-state index < -0.39 is 15.9 Å². The number of anilines is 1. The Morgan fingerprint density at radius 2 is 1.69 bits per heavy atom. The number of rotatable bonds is 5. The summed E-state index contributed by atoms with van der Waals surface area (Å²) < 4.78 is 27.9. The molecule has 32 heavy (non-hydrogen) atoms. The zero-order chi connectivity index (χ0) is 22.9. The summed E-state index contributed by atoms with van der Waals surface area (Å²) >= 11 is 11.9. The van der Waals surface area contributed by atoms with Gasteiger partial charge in [0.05, 0.1) is 27.7 Å². The first-order valence-electron chi connectivity index (χ1n) is 9.32. The molecule has 0 aliphatic heterocycles. The van der Waals surface area contributed by atoms with Crippen molar-refractivity contribution < 1.29 is 18.0 Å². The van der Waals surface area contributed by atoms with Gasteiger partial charge >= 0.3 is 0 Å². The minimum Gasteiger partial charge on any atom is -0.294 e. The lowest BCUT2D eigenvalue weighted by molar-refractivity contribution is 0.0951. The van der Waals surface area contributed by atoms with Crippen LogP contribution in [-0.2, 0) is 10.0 Å². The molecule has 0 spiro atoms. The minimum atomic E-state index is -4.04. The molecule has 10 heteroatoms. The summed E-state index contributed by atoms with van der Waals surface area (Å²) in [6, 6.07) is 16.8. The Morgan fingerprint density at radius 1 is 0.938 bits per heavy atom. The molecule has 0 heterocycles. The van der Waals surface area contributed by atoms with Crippen LogP contribution in [0.4, 0.5) is 5.69 Å². The molecule has 0 saturated heterocycles. The largest absolute Gasteiger partial charge is 0.294 e. The summed E-state index contributed by atoms with van der Waals surface area (Å²) in [5.41, 5.74) is 4.24. The molecule has 0 radical (unpaired) electrons. The van der Waals surface area contributed by atoms with Crippen molar-refractivity contribution >= 4 is 56.3 Å². The number of amides is 1. The van der Waals surface area contributed by atoms with Gasteiger partial charge in [0.25, 0.3) is 15.9 Å². The van der Waals surface area contributed by atoms with E-state index in [0.717, 1.165) is 0 Å². The predicted octanol–water partition coefficient (Wildman–Crippen LogP) is 4.51. The highest BCUT2D eigenvalue weighted by Gasteiger charge is 2.25. The van der Waals surface area contributed by atoms with E-state index in [-0.39, 0.29) is 33.4 Å². The van der Waals surface area contributed by atoms with Gasteiger partial charge in [-0.2, -0.15) is 5.10 Å². The molecule has 4 rings (SSSR count). The Morgan fingerprint density at radius 3 is 2.47 bits per heavy atom. The zero-order valence-corrected chi connectivity index (χ0v) is 18.6. The Hall–Kier alpha value is -3.20. The van der Waals surface area contributed by atoms with Crippen molar-refractivity contribution in [3.05, 3.63) is 93.5 Å². The SMILES string of the molecule is O=C(N/N=C1/CC(=O)c2ccccc21)c1cccc(S(=O)(=O)Nc2cc(Cl)ccc2Cl)c1. The highest BCUT2D eigenvalue weighted by molar-refractivity contribution is 7.92. The maximum Gasteiger partial charge on any atom is 0.271 e. The second-order valence-corrected chi connectivity index (χ2v) is 9.43. The molecule has 1 aliphatic carbocycles. The molecule has 0 aromatic heterocycles. The van der Waals surface area contributed by atoms with Crippen LogP contribution in [0.25, 0.3) is 0 Å². The smallest absolute Gasteiger partial charge is 0.271 e. The summed E-state index contributed by atoms with van der Waals surface area (Å²) in [7, 11) is -4.04. The summed E-state index contributed by atoms with van der Waals surface area (Å²) in [6.07, 6.45) is 0.0817. The number of Topliss-reactive ketones (excluding diaryl/α,β-unsaturated/α-hetero) is 1. The Labute approximate surface area is 194 Å². The Kier molecular flexibility index (Phi) is 6.01. The van der Waals surface area contributed by atoms with Crippen molar-refractivity contribution in [3.63, 3.8) is 0 Å². The molecular weight excluding hydrogens is 473 g/mol. The monoisotopic (exact) mass is 487 g/mol. The van der Waals surface area contributed by atoms with Crippen LogP contribution >= 0.6 is 23.2 Å². The van der Waals surface area contributed by atoms with Crippen molar-refractivity contribution in [3.8, 4) is 0 Å². The quantitative estimate of drug-likeness (QED) is 0.516. The molecule has 2 N–H and O–H groups in total. The Bertz CT molecular complexity index is 1390. The average molecular weight is 488 g/mol. The standard InChI is InChI=1S/C22H15Cl2N3O4S/c23-14-8-9-18(24)20(11-14)27-32(30,31)15-5-3-4-13(10-15)22(29)26-25-19-12-21(28)17-7-2-1-6-16(17)19/h1-11,27H,12H2,(H,26,29)/b25-19-. The van der Waals surface area contributed by atoms with Crippen LogP contribution < -0.4 is 10.1 Å². The summed E-state index contributed by atoms with van der Waals surface area (Å²) in [5.74, 6) is -0.695. The molecule has 7 nitrogen and oxygen atoms in total. The van der Waals surface area contributed by atoms with E-state index in [1.807, 2.05) is 0 Å². The molecule has 0 atom stereocenters. The fourth-order valence-corrected chi connectivity index (χ4v) is 4.70. The molecule has 0 bridgehead atoms. The second kappa shape index (κ2) is 8.74. The van der Waals surface area contributed by atoms with E-state index in [9.17, 15) is 18.0 Å². The lowest BCUT2D eigenvalue weighted by Crippen LogP contribution is -2.20. The van der Waals surface area contributed by atoms with Gasteiger partial charge in [-0.3, -0.25) is 14.3 Å². The fourth-order valence-electron chi connectivity index (χ4n) is 3.19. The summed E-state index contributed by atoms with van der Waals surface area (Å²) in [5, 5.41) is 4.56. The van der Waals surface area contributed by atoms with Gasteiger partial charge in [-0.15, -0.1) is 0 Å². The number of benzene rings is 3. The highest BCUT2D eigenvalue weighted by Crippen LogP contribution is 2.28. The zero-order valence-electron chi connectivity index (χ0n) is 16.3. The molecule has 3 aromatic rings. The average Bonchev–Trinajstić information content (AvgIpc) is 3.10. The predicted molar refractivity (Wildman–Crippen MR) is 123 cm³/mol. The third-order valence-electron chi connectivity index (χ3n) is 4.74. The molecule has 1 amide bonds. The number of carbonyl (C=O) groups is 2. The molecule has 3 aromatic carbocycles. The third-order valence-corrected chi connectivity index (χ3v) is 6.67. The van der Waals surface area contributed by atoms with Gasteiger partial charge in [-0.1, -0.05) is 53.5 Å². The van der Waals surface area contributed by atoms with Gasteiger partial charge in [0.2, 0.25) is 0 Å². The van der Waals surface area contributed by atoms with Gasteiger partial charge in [0, 0.05) is 21.7 Å².